The highest BCUT2D eigenvalue weighted by molar-refractivity contribution is 6.02. The Morgan fingerprint density at radius 2 is 1.85 bits per heavy atom. The number of carboxylic acid groups (broad SMARTS) is 2. The number of carboxylic acids is 2. The third-order valence-corrected chi connectivity index (χ3v) is 10.6. The van der Waals surface area contributed by atoms with E-state index in [1.54, 1.807) is 0 Å². The lowest BCUT2D eigenvalue weighted by Crippen LogP contribution is -2.69. The molecule has 224 valence electrons. The van der Waals surface area contributed by atoms with Gasteiger partial charge in [0.15, 0.2) is 0 Å². The topological polar surface area (TPSA) is 171 Å². The zero-order chi connectivity index (χ0) is 30.2. The van der Waals surface area contributed by atoms with Gasteiger partial charge in [-0.2, -0.15) is 0 Å². The molecule has 2 unspecified atom stereocenters. The summed E-state index contributed by atoms with van der Waals surface area (Å²) in [6, 6.07) is 0.0146. The molecule has 2 saturated carbocycles. The Balaban J connectivity index is 1.55. The maximum Gasteiger partial charge on any atom is 0.326 e. The Labute approximate surface area is 238 Å². The van der Waals surface area contributed by atoms with Crippen LogP contribution >= 0.6 is 0 Å². The molecule has 2 aliphatic carbocycles. The standard InChI is InChI=1S/C30H39NO10/c1-14-6-8-22-28(3,4)25(40-15(2)32)21(34)12-29(22,5)30(14)11-17-20(33)10-16-18(24(17)41-30)13-31(26(16)37)19(27(38)39)7-9-23(35)36/h10,14,19,21-22,25,33-34H,6-9,11-13H2,1-5H3,(H,35,36)(H,38,39)/t14-,19+,21?,22?,25-,29+,30-/m1/s1. The summed E-state index contributed by atoms with van der Waals surface area (Å²) in [6.07, 6.45) is -0.0166. The van der Waals surface area contributed by atoms with Crippen LogP contribution in [0.3, 0.4) is 0 Å². The summed E-state index contributed by atoms with van der Waals surface area (Å²) >= 11 is 0. The molecule has 2 aliphatic heterocycles. The van der Waals surface area contributed by atoms with Gasteiger partial charge in [0.25, 0.3) is 5.91 Å². The predicted octanol–water partition coefficient (Wildman–Crippen LogP) is 3.11. The van der Waals surface area contributed by atoms with Crippen molar-refractivity contribution >= 4 is 23.8 Å². The summed E-state index contributed by atoms with van der Waals surface area (Å²) < 4.78 is 12.6. The predicted molar refractivity (Wildman–Crippen MR) is 143 cm³/mol. The van der Waals surface area contributed by atoms with Crippen LogP contribution in [-0.2, 0) is 32.1 Å². The van der Waals surface area contributed by atoms with Crippen molar-refractivity contribution in [3.63, 3.8) is 0 Å². The zero-order valence-corrected chi connectivity index (χ0v) is 24.1. The first-order valence-electron chi connectivity index (χ1n) is 14.2. The van der Waals surface area contributed by atoms with E-state index in [1.165, 1.54) is 13.0 Å². The maximum atomic E-state index is 13.4. The first kappa shape index (κ1) is 29.2. The van der Waals surface area contributed by atoms with Crippen molar-refractivity contribution in [3.05, 3.63) is 22.8 Å². The van der Waals surface area contributed by atoms with Crippen LogP contribution in [0.1, 0.15) is 88.2 Å². The van der Waals surface area contributed by atoms with Gasteiger partial charge in [0.1, 0.15) is 29.2 Å². The van der Waals surface area contributed by atoms with Crippen LogP contribution in [0, 0.1) is 22.7 Å². The van der Waals surface area contributed by atoms with Crippen LogP contribution in [0.4, 0.5) is 0 Å². The van der Waals surface area contributed by atoms with Crippen molar-refractivity contribution in [1.82, 2.24) is 4.90 Å². The SMILES string of the molecule is CC(=O)O[C@@H]1C(O)C[C@@]2(C)C(CC[C@@H](C)[C@]23Cc2c(O)cc4c(c2O3)CN([C@@H](CCC(=O)O)C(=O)O)C4=O)C1(C)C. The number of aliphatic carboxylic acids is 2. The number of rotatable bonds is 6. The summed E-state index contributed by atoms with van der Waals surface area (Å²) in [6.45, 7) is 9.45. The van der Waals surface area contributed by atoms with Gasteiger partial charge in [-0.1, -0.05) is 27.7 Å². The number of fused-ring (bicyclic) bond motifs is 5. The van der Waals surface area contributed by atoms with Crippen LogP contribution in [0.5, 0.6) is 11.5 Å². The van der Waals surface area contributed by atoms with Gasteiger partial charge in [-0.25, -0.2) is 4.79 Å². The number of hydrogen-bond donors (Lipinski definition) is 4. The van der Waals surface area contributed by atoms with Crippen LogP contribution in [0.25, 0.3) is 0 Å². The van der Waals surface area contributed by atoms with Crippen LogP contribution < -0.4 is 4.74 Å². The second-order valence-corrected chi connectivity index (χ2v) is 13.2. The van der Waals surface area contributed by atoms with E-state index in [0.717, 1.165) is 17.7 Å². The number of hydrogen-bond acceptors (Lipinski definition) is 8. The number of carbonyl (C=O) groups is 4. The number of phenolic OH excluding ortho intramolecular Hbond substituents is 1. The first-order valence-corrected chi connectivity index (χ1v) is 14.2. The molecule has 11 nitrogen and oxygen atoms in total. The van der Waals surface area contributed by atoms with E-state index >= 15 is 0 Å². The number of amides is 1. The molecule has 0 radical (unpaired) electrons. The molecule has 5 rings (SSSR count). The molecule has 0 saturated heterocycles. The number of esters is 1. The number of carbonyl (C=O) groups excluding carboxylic acids is 2. The number of aliphatic hydroxyl groups is 1. The fourth-order valence-corrected chi connectivity index (χ4v) is 8.75. The highest BCUT2D eigenvalue weighted by Crippen LogP contribution is 2.67. The largest absolute Gasteiger partial charge is 0.508 e. The number of benzene rings is 1. The lowest BCUT2D eigenvalue weighted by molar-refractivity contribution is -0.246. The number of aromatic hydroxyl groups is 1. The minimum atomic E-state index is -1.35. The number of ether oxygens (including phenoxy) is 2. The average Bonchev–Trinajstić information content (AvgIpc) is 3.41. The van der Waals surface area contributed by atoms with Crippen molar-refractivity contribution in [1.29, 1.82) is 0 Å². The molecule has 2 heterocycles. The fourth-order valence-electron chi connectivity index (χ4n) is 8.75. The molecule has 1 aromatic rings. The molecule has 4 aliphatic rings. The summed E-state index contributed by atoms with van der Waals surface area (Å²) in [5, 5.41) is 41.4. The van der Waals surface area contributed by atoms with Gasteiger partial charge in [0.2, 0.25) is 0 Å². The number of nitrogens with zero attached hydrogens (tertiary/aromatic N) is 1. The van der Waals surface area contributed by atoms with E-state index in [-0.39, 0.29) is 36.1 Å². The summed E-state index contributed by atoms with van der Waals surface area (Å²) in [5.41, 5.74) is -0.874. The molecule has 0 bridgehead atoms. The second-order valence-electron chi connectivity index (χ2n) is 13.2. The normalized spacial score (nSPS) is 33.9. The quantitative estimate of drug-likeness (QED) is 0.371. The van der Waals surface area contributed by atoms with E-state index in [2.05, 4.69) is 13.8 Å². The van der Waals surface area contributed by atoms with Crippen molar-refractivity contribution < 1.29 is 49.1 Å². The average molecular weight is 574 g/mol. The molecule has 1 amide bonds. The fraction of sp³-hybridized carbons (Fsp3) is 0.667. The molecule has 7 atom stereocenters. The van der Waals surface area contributed by atoms with Gasteiger partial charge in [0.05, 0.1) is 18.2 Å². The maximum absolute atomic E-state index is 13.4. The molecule has 0 aromatic heterocycles. The third kappa shape index (κ3) is 4.18. The summed E-state index contributed by atoms with van der Waals surface area (Å²) in [5.74, 6) is -3.26. The van der Waals surface area contributed by atoms with Crippen molar-refractivity contribution in [2.24, 2.45) is 22.7 Å². The van der Waals surface area contributed by atoms with E-state index in [4.69, 9.17) is 14.6 Å². The molecular weight excluding hydrogens is 534 g/mol. The lowest BCUT2D eigenvalue weighted by Gasteiger charge is -2.65. The van der Waals surface area contributed by atoms with Crippen molar-refractivity contribution in [3.8, 4) is 11.5 Å². The molecule has 2 fully saturated rings. The van der Waals surface area contributed by atoms with Gasteiger partial charge in [-0.15, -0.1) is 0 Å². The van der Waals surface area contributed by atoms with E-state index in [0.29, 0.717) is 29.7 Å². The van der Waals surface area contributed by atoms with Gasteiger partial charge in [-0.3, -0.25) is 14.4 Å². The molecule has 1 aromatic carbocycles. The van der Waals surface area contributed by atoms with E-state index in [1.807, 2.05) is 13.8 Å². The van der Waals surface area contributed by atoms with Gasteiger partial charge >= 0.3 is 17.9 Å². The van der Waals surface area contributed by atoms with Crippen LogP contribution in [-0.4, -0.2) is 73.0 Å². The minimum absolute atomic E-state index is 0.00556. The molecule has 11 heteroatoms. The molecular formula is C30H39NO10. The highest BCUT2D eigenvalue weighted by Gasteiger charge is 2.69. The Morgan fingerprint density at radius 1 is 1.17 bits per heavy atom. The van der Waals surface area contributed by atoms with Crippen molar-refractivity contribution in [2.75, 3.05) is 0 Å². The Bertz CT molecular complexity index is 1320. The van der Waals surface area contributed by atoms with Crippen LogP contribution in [0.15, 0.2) is 6.07 Å². The van der Waals surface area contributed by atoms with Crippen LogP contribution in [0.2, 0.25) is 0 Å². The smallest absolute Gasteiger partial charge is 0.326 e. The van der Waals surface area contributed by atoms with E-state index < -0.39 is 64.9 Å². The van der Waals surface area contributed by atoms with E-state index in [9.17, 15) is 34.5 Å². The number of aliphatic hydroxyl groups excluding tert-OH is 1. The third-order valence-electron chi connectivity index (χ3n) is 10.6. The summed E-state index contributed by atoms with van der Waals surface area (Å²) in [4.78, 5) is 49.6. The highest BCUT2D eigenvalue weighted by atomic mass is 16.6. The Morgan fingerprint density at radius 3 is 2.46 bits per heavy atom. The van der Waals surface area contributed by atoms with Crippen molar-refractivity contribution in [2.45, 2.75) is 104 Å². The zero-order valence-electron chi connectivity index (χ0n) is 24.1. The number of phenols is 1. The Hall–Kier alpha value is -3.34. The molecule has 41 heavy (non-hydrogen) atoms. The first-order chi connectivity index (χ1) is 19.0. The van der Waals surface area contributed by atoms with Gasteiger partial charge in [0, 0.05) is 41.7 Å². The minimum Gasteiger partial charge on any atom is -0.508 e. The molecule has 1 spiro atoms. The van der Waals surface area contributed by atoms with Gasteiger partial charge < -0.3 is 34.8 Å². The lowest BCUT2D eigenvalue weighted by atomic mass is 9.43. The summed E-state index contributed by atoms with van der Waals surface area (Å²) in [7, 11) is 0. The monoisotopic (exact) mass is 573 g/mol. The Kier molecular flexibility index (Phi) is 6.83. The van der Waals surface area contributed by atoms with Gasteiger partial charge in [-0.05, 0) is 43.6 Å². The second kappa shape index (κ2) is 9.61. The molecule has 4 N–H and O–H groups in total.